The van der Waals surface area contributed by atoms with Crippen molar-refractivity contribution in [3.8, 4) is 0 Å². The average Bonchev–Trinajstić information content (AvgIpc) is 2.46. The Morgan fingerprint density at radius 1 is 1.38 bits per heavy atom. The molecular formula is C13H11FN4O3. The summed E-state index contributed by atoms with van der Waals surface area (Å²) in [6.45, 7) is 0. The average molecular weight is 290 g/mol. The number of carbonyl (C=O) groups excluding carboxylic acids is 1. The fourth-order valence-electron chi connectivity index (χ4n) is 1.72. The van der Waals surface area contributed by atoms with Crippen LogP contribution in [-0.2, 0) is 0 Å². The molecule has 21 heavy (non-hydrogen) atoms. The summed E-state index contributed by atoms with van der Waals surface area (Å²) in [7, 11) is 1.62. The van der Waals surface area contributed by atoms with Crippen molar-refractivity contribution in [2.24, 2.45) is 0 Å². The largest absolute Gasteiger partial charge is 0.372 e. The SMILES string of the molecule is CNc1ncccc1C(=O)Nc1ccc([N+](=O)[O-])c(F)c1. The Kier molecular flexibility index (Phi) is 4.07. The summed E-state index contributed by atoms with van der Waals surface area (Å²) < 4.78 is 13.5. The van der Waals surface area contributed by atoms with Crippen LogP contribution in [0.2, 0.25) is 0 Å². The van der Waals surface area contributed by atoms with E-state index in [-0.39, 0.29) is 11.3 Å². The van der Waals surface area contributed by atoms with Gasteiger partial charge in [0.05, 0.1) is 10.5 Å². The molecule has 0 atom stereocenters. The molecule has 0 spiro atoms. The molecule has 7 nitrogen and oxygen atoms in total. The van der Waals surface area contributed by atoms with Crippen molar-refractivity contribution >= 4 is 23.1 Å². The quantitative estimate of drug-likeness (QED) is 0.665. The minimum Gasteiger partial charge on any atom is -0.372 e. The minimum atomic E-state index is -1.02. The highest BCUT2D eigenvalue weighted by Crippen LogP contribution is 2.22. The Labute approximate surface area is 119 Å². The van der Waals surface area contributed by atoms with E-state index in [1.54, 1.807) is 19.2 Å². The van der Waals surface area contributed by atoms with Crippen LogP contribution in [0.4, 0.5) is 21.6 Å². The summed E-state index contributed by atoms with van der Waals surface area (Å²) in [4.78, 5) is 25.7. The number of nitro groups is 1. The van der Waals surface area contributed by atoms with Crippen molar-refractivity contribution in [3.05, 3.63) is 58.0 Å². The Balaban J connectivity index is 2.24. The van der Waals surface area contributed by atoms with Gasteiger partial charge in [0.2, 0.25) is 5.82 Å². The second-order valence-corrected chi connectivity index (χ2v) is 4.03. The van der Waals surface area contributed by atoms with E-state index in [4.69, 9.17) is 0 Å². The van der Waals surface area contributed by atoms with Crippen molar-refractivity contribution in [2.45, 2.75) is 0 Å². The number of carbonyl (C=O) groups is 1. The Morgan fingerprint density at radius 3 is 2.76 bits per heavy atom. The molecule has 0 radical (unpaired) electrons. The molecule has 108 valence electrons. The molecule has 2 N–H and O–H groups in total. The first-order valence-corrected chi connectivity index (χ1v) is 5.91. The second-order valence-electron chi connectivity index (χ2n) is 4.03. The lowest BCUT2D eigenvalue weighted by Crippen LogP contribution is -2.14. The summed E-state index contributed by atoms with van der Waals surface area (Å²) in [5.41, 5.74) is -0.252. The lowest BCUT2D eigenvalue weighted by molar-refractivity contribution is -0.387. The highest BCUT2D eigenvalue weighted by atomic mass is 19.1. The monoisotopic (exact) mass is 290 g/mol. The number of amides is 1. The first-order chi connectivity index (χ1) is 10.0. The number of benzene rings is 1. The van der Waals surface area contributed by atoms with Crippen LogP contribution in [0.1, 0.15) is 10.4 Å². The molecule has 2 aromatic rings. The molecule has 0 fully saturated rings. The van der Waals surface area contributed by atoms with E-state index in [2.05, 4.69) is 15.6 Å². The highest BCUT2D eigenvalue weighted by molar-refractivity contribution is 6.07. The molecule has 1 aromatic heterocycles. The molecule has 0 aliphatic heterocycles. The number of halogens is 1. The van der Waals surface area contributed by atoms with Gasteiger partial charge in [0.15, 0.2) is 0 Å². The zero-order valence-electron chi connectivity index (χ0n) is 11.0. The van der Waals surface area contributed by atoms with Gasteiger partial charge in [-0.3, -0.25) is 14.9 Å². The third kappa shape index (κ3) is 3.11. The van der Waals surface area contributed by atoms with Gasteiger partial charge in [-0.05, 0) is 18.2 Å². The van der Waals surface area contributed by atoms with Gasteiger partial charge in [0.1, 0.15) is 5.82 Å². The van der Waals surface area contributed by atoms with Gasteiger partial charge in [-0.2, -0.15) is 4.39 Å². The molecule has 0 aliphatic rings. The molecule has 0 bridgehead atoms. The summed E-state index contributed by atoms with van der Waals surface area (Å²) in [5.74, 6) is -1.14. The third-order valence-corrected chi connectivity index (χ3v) is 2.69. The lowest BCUT2D eigenvalue weighted by atomic mass is 10.2. The number of rotatable bonds is 4. The molecule has 1 amide bonds. The van der Waals surface area contributed by atoms with Crippen molar-refractivity contribution in [1.29, 1.82) is 0 Å². The summed E-state index contributed by atoms with van der Waals surface area (Å²) >= 11 is 0. The smallest absolute Gasteiger partial charge is 0.304 e. The van der Waals surface area contributed by atoms with Crippen molar-refractivity contribution in [1.82, 2.24) is 4.98 Å². The summed E-state index contributed by atoms with van der Waals surface area (Å²) in [6, 6.07) is 6.29. The zero-order valence-corrected chi connectivity index (χ0v) is 11.0. The maximum atomic E-state index is 13.5. The Hall–Kier alpha value is -3.03. The fourth-order valence-corrected chi connectivity index (χ4v) is 1.72. The van der Waals surface area contributed by atoms with E-state index in [0.29, 0.717) is 5.82 Å². The Bertz CT molecular complexity index is 706. The lowest BCUT2D eigenvalue weighted by Gasteiger charge is -2.08. The second kappa shape index (κ2) is 5.95. The van der Waals surface area contributed by atoms with Crippen LogP contribution in [0.5, 0.6) is 0 Å². The maximum Gasteiger partial charge on any atom is 0.304 e. The van der Waals surface area contributed by atoms with Crippen LogP contribution in [0.3, 0.4) is 0 Å². The van der Waals surface area contributed by atoms with Gasteiger partial charge in [-0.25, -0.2) is 4.98 Å². The van der Waals surface area contributed by atoms with Crippen LogP contribution in [0, 0.1) is 15.9 Å². The summed E-state index contributed by atoms with van der Waals surface area (Å²) in [5, 5.41) is 15.7. The van der Waals surface area contributed by atoms with Gasteiger partial charge in [0, 0.05) is 31.1 Å². The number of pyridine rings is 1. The summed E-state index contributed by atoms with van der Waals surface area (Å²) in [6.07, 6.45) is 1.52. The highest BCUT2D eigenvalue weighted by Gasteiger charge is 2.16. The van der Waals surface area contributed by atoms with E-state index in [9.17, 15) is 19.3 Å². The van der Waals surface area contributed by atoms with E-state index in [0.717, 1.165) is 12.1 Å². The topological polar surface area (TPSA) is 97.2 Å². The number of nitrogens with one attached hydrogen (secondary N) is 2. The number of anilines is 2. The van der Waals surface area contributed by atoms with Gasteiger partial charge >= 0.3 is 5.69 Å². The van der Waals surface area contributed by atoms with E-state index in [1.165, 1.54) is 12.3 Å². The van der Waals surface area contributed by atoms with Gasteiger partial charge in [0.25, 0.3) is 5.91 Å². The van der Waals surface area contributed by atoms with E-state index in [1.807, 2.05) is 0 Å². The van der Waals surface area contributed by atoms with Crippen LogP contribution >= 0.6 is 0 Å². The molecule has 8 heteroatoms. The van der Waals surface area contributed by atoms with Crippen LogP contribution in [0.15, 0.2) is 36.5 Å². The number of hydrogen-bond acceptors (Lipinski definition) is 5. The van der Waals surface area contributed by atoms with Gasteiger partial charge in [-0.15, -0.1) is 0 Å². The number of hydrogen-bond donors (Lipinski definition) is 2. The molecule has 0 aliphatic carbocycles. The number of aromatic nitrogens is 1. The van der Waals surface area contributed by atoms with Crippen LogP contribution in [-0.4, -0.2) is 22.9 Å². The maximum absolute atomic E-state index is 13.5. The molecule has 2 rings (SSSR count). The minimum absolute atomic E-state index is 0.119. The standard InChI is InChI=1S/C13H11FN4O3/c1-15-12-9(3-2-6-16-12)13(19)17-8-4-5-11(18(20)21)10(14)7-8/h2-7H,1H3,(H,15,16)(H,17,19). The van der Waals surface area contributed by atoms with Crippen molar-refractivity contribution in [2.75, 3.05) is 17.7 Å². The Morgan fingerprint density at radius 2 is 2.14 bits per heavy atom. The number of nitrogens with zero attached hydrogens (tertiary/aromatic N) is 2. The molecular weight excluding hydrogens is 279 g/mol. The van der Waals surface area contributed by atoms with Crippen LogP contribution in [0.25, 0.3) is 0 Å². The zero-order chi connectivity index (χ0) is 15.4. The van der Waals surface area contributed by atoms with E-state index < -0.39 is 22.3 Å². The number of nitro benzene ring substituents is 1. The molecule has 1 aromatic carbocycles. The van der Waals surface area contributed by atoms with Gasteiger partial charge in [-0.1, -0.05) is 0 Å². The third-order valence-electron chi connectivity index (χ3n) is 2.69. The predicted octanol–water partition coefficient (Wildman–Crippen LogP) is 2.42. The van der Waals surface area contributed by atoms with Crippen molar-refractivity contribution in [3.63, 3.8) is 0 Å². The molecule has 0 saturated heterocycles. The molecule has 1 heterocycles. The van der Waals surface area contributed by atoms with E-state index >= 15 is 0 Å². The fraction of sp³-hybridized carbons (Fsp3) is 0.0769. The van der Waals surface area contributed by atoms with Crippen LogP contribution < -0.4 is 10.6 Å². The van der Waals surface area contributed by atoms with Gasteiger partial charge < -0.3 is 10.6 Å². The normalized spacial score (nSPS) is 10.0. The molecule has 0 saturated carbocycles. The first kappa shape index (κ1) is 14.4. The molecule has 0 unspecified atom stereocenters. The predicted molar refractivity (Wildman–Crippen MR) is 74.8 cm³/mol. The van der Waals surface area contributed by atoms with Crippen molar-refractivity contribution < 1.29 is 14.1 Å². The first-order valence-electron chi connectivity index (χ1n) is 5.91.